The van der Waals surface area contributed by atoms with Crippen LogP contribution in [-0.2, 0) is 13.2 Å². The Kier molecular flexibility index (Phi) is 4.91. The third-order valence-corrected chi connectivity index (χ3v) is 5.55. The molecule has 0 amide bonds. The number of aromatic nitrogens is 5. The van der Waals surface area contributed by atoms with Crippen LogP contribution in [0.15, 0.2) is 54.9 Å². The van der Waals surface area contributed by atoms with E-state index in [9.17, 15) is 5.11 Å². The van der Waals surface area contributed by atoms with Crippen LogP contribution in [-0.4, -0.2) is 36.5 Å². The second-order valence-electron chi connectivity index (χ2n) is 7.38. The largest absolute Gasteiger partial charge is 0.497 e. The highest BCUT2D eigenvalue weighted by Gasteiger charge is 2.28. The summed E-state index contributed by atoms with van der Waals surface area (Å²) >= 11 is 0. The Hall–Kier alpha value is -3.65. The van der Waals surface area contributed by atoms with Gasteiger partial charge in [-0.1, -0.05) is 25.1 Å². The van der Waals surface area contributed by atoms with Crippen LogP contribution in [0.4, 0.5) is 0 Å². The fraction of sp³-hybridized carbons (Fsp3) is 0.261. The number of imidazole rings is 1. The average molecular weight is 417 g/mol. The molecule has 4 aromatic rings. The molecule has 2 aromatic carbocycles. The molecule has 0 aliphatic carbocycles. The second-order valence-corrected chi connectivity index (χ2v) is 7.38. The van der Waals surface area contributed by atoms with Crippen LogP contribution < -0.4 is 9.47 Å². The van der Waals surface area contributed by atoms with Gasteiger partial charge in [0.2, 0.25) is 0 Å². The SMILES string of the molecule is CCC(O)c1ncn2c1Cn1c(COc3ccccc3)nnc1-c1cc(OC)ccc1-2. The first kappa shape index (κ1) is 19.3. The molecule has 0 bridgehead atoms. The molecule has 0 fully saturated rings. The average Bonchev–Trinajstić information content (AvgIpc) is 3.39. The van der Waals surface area contributed by atoms with Gasteiger partial charge < -0.3 is 23.7 Å². The molecule has 0 spiro atoms. The summed E-state index contributed by atoms with van der Waals surface area (Å²) in [5.41, 5.74) is 3.37. The molecule has 8 heteroatoms. The van der Waals surface area contributed by atoms with Crippen molar-refractivity contribution >= 4 is 0 Å². The van der Waals surface area contributed by atoms with E-state index in [2.05, 4.69) is 15.2 Å². The number of nitrogens with zero attached hydrogens (tertiary/aromatic N) is 5. The molecular weight excluding hydrogens is 394 g/mol. The van der Waals surface area contributed by atoms with Gasteiger partial charge in [-0.2, -0.15) is 0 Å². The zero-order valence-corrected chi connectivity index (χ0v) is 17.4. The first-order chi connectivity index (χ1) is 15.2. The standard InChI is InChI=1S/C23H23N5O3/c1-3-20(29)22-19-12-27-21(13-31-15-7-5-4-6-8-15)25-26-23(27)17-11-16(30-2)9-10-18(17)28(19)14-24-22/h4-11,14,20,29H,3,12-13H2,1-2H3. The van der Waals surface area contributed by atoms with E-state index in [1.165, 1.54) is 0 Å². The first-order valence-corrected chi connectivity index (χ1v) is 10.2. The molecule has 8 nitrogen and oxygen atoms in total. The van der Waals surface area contributed by atoms with Gasteiger partial charge in [0, 0.05) is 5.56 Å². The lowest BCUT2D eigenvalue weighted by atomic mass is 10.1. The van der Waals surface area contributed by atoms with Gasteiger partial charge in [-0.15, -0.1) is 10.2 Å². The van der Waals surface area contributed by atoms with Crippen molar-refractivity contribution in [2.75, 3.05) is 7.11 Å². The predicted octanol–water partition coefficient (Wildman–Crippen LogP) is 3.52. The number of aliphatic hydroxyl groups excluding tert-OH is 1. The molecule has 0 saturated heterocycles. The first-order valence-electron chi connectivity index (χ1n) is 10.2. The lowest BCUT2D eigenvalue weighted by Crippen LogP contribution is -2.12. The zero-order chi connectivity index (χ0) is 21.4. The summed E-state index contributed by atoms with van der Waals surface area (Å²) < 4.78 is 15.4. The molecule has 2 aromatic heterocycles. The van der Waals surface area contributed by atoms with E-state index in [1.54, 1.807) is 13.4 Å². The maximum atomic E-state index is 10.6. The highest BCUT2D eigenvalue weighted by Crippen LogP contribution is 2.36. The van der Waals surface area contributed by atoms with Gasteiger partial charge in [-0.3, -0.25) is 0 Å². The van der Waals surface area contributed by atoms with Gasteiger partial charge >= 0.3 is 0 Å². The van der Waals surface area contributed by atoms with E-state index in [4.69, 9.17) is 9.47 Å². The van der Waals surface area contributed by atoms with Crippen molar-refractivity contribution in [2.24, 2.45) is 0 Å². The third-order valence-electron chi connectivity index (χ3n) is 5.55. The Balaban J connectivity index is 1.63. The van der Waals surface area contributed by atoms with Crippen LogP contribution in [0.5, 0.6) is 11.5 Å². The van der Waals surface area contributed by atoms with Crippen molar-refractivity contribution in [1.82, 2.24) is 24.3 Å². The van der Waals surface area contributed by atoms with E-state index in [1.807, 2.05) is 64.6 Å². The highest BCUT2D eigenvalue weighted by atomic mass is 16.5. The summed E-state index contributed by atoms with van der Waals surface area (Å²) in [5, 5.41) is 19.5. The van der Waals surface area contributed by atoms with Gasteiger partial charge in [-0.25, -0.2) is 4.98 Å². The number of methoxy groups -OCH3 is 1. The number of benzene rings is 2. The van der Waals surface area contributed by atoms with Crippen LogP contribution in [0.3, 0.4) is 0 Å². The normalized spacial score (nSPS) is 13.0. The minimum atomic E-state index is -0.639. The number of para-hydroxylation sites is 1. The van der Waals surface area contributed by atoms with Crippen molar-refractivity contribution < 1.29 is 14.6 Å². The monoisotopic (exact) mass is 417 g/mol. The van der Waals surface area contributed by atoms with Crippen LogP contribution in [0.25, 0.3) is 17.1 Å². The Morgan fingerprint density at radius 3 is 2.71 bits per heavy atom. The number of ether oxygens (including phenoxy) is 2. The minimum Gasteiger partial charge on any atom is -0.497 e. The summed E-state index contributed by atoms with van der Waals surface area (Å²) in [4.78, 5) is 4.53. The van der Waals surface area contributed by atoms with Gasteiger partial charge in [0.25, 0.3) is 0 Å². The van der Waals surface area contributed by atoms with Gasteiger partial charge in [0.15, 0.2) is 11.6 Å². The van der Waals surface area contributed by atoms with Crippen molar-refractivity contribution in [3.8, 4) is 28.6 Å². The Labute approximate surface area is 179 Å². The molecule has 0 radical (unpaired) electrons. The zero-order valence-electron chi connectivity index (χ0n) is 17.4. The molecule has 31 heavy (non-hydrogen) atoms. The van der Waals surface area contributed by atoms with Gasteiger partial charge in [-0.05, 0) is 36.8 Å². The van der Waals surface area contributed by atoms with Crippen molar-refractivity contribution in [3.05, 3.63) is 72.1 Å². The lowest BCUT2D eigenvalue weighted by Gasteiger charge is -2.12. The maximum absolute atomic E-state index is 10.6. The Morgan fingerprint density at radius 1 is 1.10 bits per heavy atom. The van der Waals surface area contributed by atoms with Crippen molar-refractivity contribution in [2.45, 2.75) is 32.6 Å². The molecule has 1 aliphatic rings. The number of rotatable bonds is 6. The van der Waals surface area contributed by atoms with Crippen molar-refractivity contribution in [3.63, 3.8) is 0 Å². The molecule has 1 aliphatic heterocycles. The molecule has 5 rings (SSSR count). The fourth-order valence-electron chi connectivity index (χ4n) is 3.88. The molecule has 1 atom stereocenters. The topological polar surface area (TPSA) is 87.2 Å². The summed E-state index contributed by atoms with van der Waals surface area (Å²) in [5.74, 6) is 2.91. The quantitative estimate of drug-likeness (QED) is 0.455. The number of fused-ring (bicyclic) bond motifs is 5. The summed E-state index contributed by atoms with van der Waals surface area (Å²) in [7, 11) is 1.64. The molecule has 158 valence electrons. The molecule has 1 N–H and O–H groups in total. The number of hydrogen-bond donors (Lipinski definition) is 1. The van der Waals surface area contributed by atoms with E-state index in [-0.39, 0.29) is 6.61 Å². The van der Waals surface area contributed by atoms with Gasteiger partial charge in [0.05, 0.1) is 43.2 Å². The van der Waals surface area contributed by atoms with E-state index in [0.717, 1.165) is 34.3 Å². The van der Waals surface area contributed by atoms with Crippen molar-refractivity contribution in [1.29, 1.82) is 0 Å². The molecular formula is C23H23N5O3. The number of aliphatic hydroxyl groups is 1. The van der Waals surface area contributed by atoms with E-state index < -0.39 is 6.10 Å². The molecule has 0 saturated carbocycles. The summed E-state index contributed by atoms with van der Waals surface area (Å²) in [6.07, 6.45) is 1.70. The number of hydrogen-bond acceptors (Lipinski definition) is 6. The summed E-state index contributed by atoms with van der Waals surface area (Å²) in [6.45, 7) is 2.69. The Morgan fingerprint density at radius 2 is 1.94 bits per heavy atom. The minimum absolute atomic E-state index is 0.274. The van der Waals surface area contributed by atoms with Crippen LogP contribution in [0.2, 0.25) is 0 Å². The van der Waals surface area contributed by atoms with Crippen LogP contribution in [0.1, 0.15) is 36.7 Å². The second kappa shape index (κ2) is 7.88. The third kappa shape index (κ3) is 3.34. The summed E-state index contributed by atoms with van der Waals surface area (Å²) in [6, 6.07) is 15.5. The van der Waals surface area contributed by atoms with Crippen LogP contribution >= 0.6 is 0 Å². The van der Waals surface area contributed by atoms with Gasteiger partial charge in [0.1, 0.15) is 18.1 Å². The highest BCUT2D eigenvalue weighted by molar-refractivity contribution is 5.71. The van der Waals surface area contributed by atoms with E-state index in [0.29, 0.717) is 24.5 Å². The predicted molar refractivity (Wildman–Crippen MR) is 114 cm³/mol. The Bertz CT molecular complexity index is 1220. The lowest BCUT2D eigenvalue weighted by molar-refractivity contribution is 0.168. The van der Waals surface area contributed by atoms with Crippen LogP contribution in [0, 0.1) is 0 Å². The molecule has 3 heterocycles. The fourth-order valence-corrected chi connectivity index (χ4v) is 3.88. The maximum Gasteiger partial charge on any atom is 0.171 e. The smallest absolute Gasteiger partial charge is 0.171 e. The molecule has 1 unspecified atom stereocenters. The van der Waals surface area contributed by atoms with E-state index >= 15 is 0 Å².